The van der Waals surface area contributed by atoms with Gasteiger partial charge in [-0.3, -0.25) is 0 Å². The number of carbonyl (C=O) groups is 1. The molecule has 0 aliphatic carbocycles. The first-order chi connectivity index (χ1) is 7.40. The highest BCUT2D eigenvalue weighted by atomic mass is 35.5. The minimum atomic E-state index is -1.08. The second kappa shape index (κ2) is 4.58. The van der Waals surface area contributed by atoms with Gasteiger partial charge in [-0.2, -0.15) is 0 Å². The number of methoxy groups -OCH3 is 1. The summed E-state index contributed by atoms with van der Waals surface area (Å²) in [5.74, 6) is -0.604. The van der Waals surface area contributed by atoms with E-state index in [0.717, 1.165) is 5.56 Å². The van der Waals surface area contributed by atoms with E-state index < -0.39 is 5.97 Å². The Balaban J connectivity index is 3.53. The standard InChI is InChI=1S/C12H13ClO3/c1-6-5-9(16-4)10(7(2)11(6)13)8(3)12(14)15/h5H,3H2,1-2,4H3,(H,14,15). The van der Waals surface area contributed by atoms with Crippen LogP contribution in [0.5, 0.6) is 5.75 Å². The zero-order valence-corrected chi connectivity index (χ0v) is 10.2. The molecule has 4 heteroatoms. The van der Waals surface area contributed by atoms with E-state index in [0.29, 0.717) is 21.9 Å². The molecule has 16 heavy (non-hydrogen) atoms. The van der Waals surface area contributed by atoms with E-state index in [4.69, 9.17) is 21.4 Å². The zero-order chi connectivity index (χ0) is 12.5. The Kier molecular flexibility index (Phi) is 3.60. The summed E-state index contributed by atoms with van der Waals surface area (Å²) < 4.78 is 5.15. The van der Waals surface area contributed by atoms with Crippen LogP contribution in [0.3, 0.4) is 0 Å². The highest BCUT2D eigenvalue weighted by molar-refractivity contribution is 6.33. The van der Waals surface area contributed by atoms with E-state index in [1.165, 1.54) is 7.11 Å². The normalized spacial score (nSPS) is 10.0. The Labute approximate surface area is 99.3 Å². The lowest BCUT2D eigenvalue weighted by molar-refractivity contribution is -0.130. The molecular weight excluding hydrogens is 228 g/mol. The Hall–Kier alpha value is -1.48. The van der Waals surface area contributed by atoms with Gasteiger partial charge in [0.2, 0.25) is 0 Å². The largest absolute Gasteiger partial charge is 0.496 e. The van der Waals surface area contributed by atoms with Gasteiger partial charge in [0.15, 0.2) is 0 Å². The van der Waals surface area contributed by atoms with Crippen molar-refractivity contribution in [3.63, 3.8) is 0 Å². The topological polar surface area (TPSA) is 46.5 Å². The number of hydrogen-bond acceptors (Lipinski definition) is 2. The van der Waals surface area contributed by atoms with E-state index in [1.807, 2.05) is 6.92 Å². The predicted molar refractivity (Wildman–Crippen MR) is 64.1 cm³/mol. The molecule has 0 radical (unpaired) electrons. The first kappa shape index (κ1) is 12.6. The molecule has 0 atom stereocenters. The number of ether oxygens (including phenoxy) is 1. The summed E-state index contributed by atoms with van der Waals surface area (Å²) >= 11 is 6.07. The lowest BCUT2D eigenvalue weighted by Gasteiger charge is -2.14. The number of carboxylic acids is 1. The van der Waals surface area contributed by atoms with Crippen LogP contribution in [0.2, 0.25) is 5.02 Å². The van der Waals surface area contributed by atoms with Gasteiger partial charge in [-0.05, 0) is 31.0 Å². The van der Waals surface area contributed by atoms with Crippen molar-refractivity contribution in [1.29, 1.82) is 0 Å². The van der Waals surface area contributed by atoms with E-state index in [2.05, 4.69) is 6.58 Å². The molecule has 1 N–H and O–H groups in total. The molecule has 0 bridgehead atoms. The molecule has 0 unspecified atom stereocenters. The fourth-order valence-corrected chi connectivity index (χ4v) is 1.71. The number of benzene rings is 1. The van der Waals surface area contributed by atoms with Gasteiger partial charge in [0.05, 0.1) is 12.7 Å². The second-order valence-corrected chi connectivity index (χ2v) is 3.87. The molecule has 86 valence electrons. The van der Waals surface area contributed by atoms with Crippen LogP contribution in [0, 0.1) is 13.8 Å². The van der Waals surface area contributed by atoms with E-state index in [9.17, 15) is 4.79 Å². The summed E-state index contributed by atoms with van der Waals surface area (Å²) in [6, 6.07) is 1.71. The van der Waals surface area contributed by atoms with Crippen LogP contribution in [0.1, 0.15) is 16.7 Å². The molecule has 0 saturated carbocycles. The number of halogens is 1. The summed E-state index contributed by atoms with van der Waals surface area (Å²) in [4.78, 5) is 10.9. The number of aryl methyl sites for hydroxylation is 1. The molecule has 0 saturated heterocycles. The van der Waals surface area contributed by atoms with Gasteiger partial charge in [-0.1, -0.05) is 18.2 Å². The lowest BCUT2D eigenvalue weighted by Crippen LogP contribution is -2.04. The highest BCUT2D eigenvalue weighted by Crippen LogP contribution is 2.35. The fraction of sp³-hybridized carbons (Fsp3) is 0.250. The van der Waals surface area contributed by atoms with Crippen LogP contribution < -0.4 is 4.74 Å². The van der Waals surface area contributed by atoms with Crippen LogP contribution >= 0.6 is 11.6 Å². The first-order valence-electron chi connectivity index (χ1n) is 4.66. The van der Waals surface area contributed by atoms with Gasteiger partial charge in [-0.25, -0.2) is 4.79 Å². The summed E-state index contributed by atoms with van der Waals surface area (Å²) in [6.07, 6.45) is 0. The average molecular weight is 241 g/mol. The summed E-state index contributed by atoms with van der Waals surface area (Å²) in [5.41, 5.74) is 1.95. The summed E-state index contributed by atoms with van der Waals surface area (Å²) in [6.45, 7) is 7.12. The third-order valence-corrected chi connectivity index (χ3v) is 3.01. The molecule has 0 heterocycles. The lowest BCUT2D eigenvalue weighted by atomic mass is 9.98. The predicted octanol–water partition coefficient (Wildman–Crippen LogP) is 3.06. The molecule has 0 aliphatic rings. The Morgan fingerprint density at radius 2 is 2.06 bits per heavy atom. The minimum absolute atomic E-state index is 0.0174. The molecule has 1 aromatic rings. The number of rotatable bonds is 3. The van der Waals surface area contributed by atoms with Crippen LogP contribution in [-0.2, 0) is 4.79 Å². The van der Waals surface area contributed by atoms with Gasteiger partial charge in [-0.15, -0.1) is 0 Å². The maximum absolute atomic E-state index is 10.9. The van der Waals surface area contributed by atoms with Crippen molar-refractivity contribution >= 4 is 23.1 Å². The molecule has 0 fully saturated rings. The van der Waals surface area contributed by atoms with Crippen molar-refractivity contribution in [2.24, 2.45) is 0 Å². The Bertz CT molecular complexity index is 464. The molecule has 3 nitrogen and oxygen atoms in total. The average Bonchev–Trinajstić information content (AvgIpc) is 2.24. The number of carboxylic acid groups (broad SMARTS) is 1. The van der Waals surface area contributed by atoms with Crippen molar-refractivity contribution in [1.82, 2.24) is 0 Å². The van der Waals surface area contributed by atoms with Crippen molar-refractivity contribution in [2.45, 2.75) is 13.8 Å². The molecule has 1 aromatic carbocycles. The third-order valence-electron chi connectivity index (χ3n) is 2.42. The first-order valence-corrected chi connectivity index (χ1v) is 5.04. The van der Waals surface area contributed by atoms with Crippen LogP contribution in [0.15, 0.2) is 12.6 Å². The zero-order valence-electron chi connectivity index (χ0n) is 9.43. The number of hydrogen-bond donors (Lipinski definition) is 1. The van der Waals surface area contributed by atoms with Crippen molar-refractivity contribution in [3.8, 4) is 5.75 Å². The maximum atomic E-state index is 10.9. The maximum Gasteiger partial charge on any atom is 0.335 e. The van der Waals surface area contributed by atoms with Gasteiger partial charge in [0.25, 0.3) is 0 Å². The van der Waals surface area contributed by atoms with E-state index in [1.54, 1.807) is 13.0 Å². The fourth-order valence-electron chi connectivity index (χ4n) is 1.57. The van der Waals surface area contributed by atoms with Gasteiger partial charge in [0, 0.05) is 10.6 Å². The third kappa shape index (κ3) is 2.04. The van der Waals surface area contributed by atoms with Crippen molar-refractivity contribution in [3.05, 3.63) is 34.4 Å². The second-order valence-electron chi connectivity index (χ2n) is 3.49. The molecule has 0 spiro atoms. The molecule has 1 rings (SSSR count). The summed E-state index contributed by atoms with van der Waals surface area (Å²) in [7, 11) is 1.49. The van der Waals surface area contributed by atoms with Crippen LogP contribution in [-0.4, -0.2) is 18.2 Å². The van der Waals surface area contributed by atoms with Crippen molar-refractivity contribution < 1.29 is 14.6 Å². The molecule has 0 aromatic heterocycles. The molecule has 0 amide bonds. The van der Waals surface area contributed by atoms with Crippen LogP contribution in [0.25, 0.3) is 5.57 Å². The molecule has 0 aliphatic heterocycles. The number of aliphatic carboxylic acids is 1. The SMILES string of the molecule is C=C(C(=O)O)c1c(OC)cc(C)c(Cl)c1C. The Morgan fingerprint density at radius 3 is 2.50 bits per heavy atom. The van der Waals surface area contributed by atoms with Crippen molar-refractivity contribution in [2.75, 3.05) is 7.11 Å². The minimum Gasteiger partial charge on any atom is -0.496 e. The monoisotopic (exact) mass is 240 g/mol. The quantitative estimate of drug-likeness (QED) is 0.826. The Morgan fingerprint density at radius 1 is 1.50 bits per heavy atom. The van der Waals surface area contributed by atoms with E-state index >= 15 is 0 Å². The summed E-state index contributed by atoms with van der Waals surface area (Å²) in [5, 5.41) is 9.48. The van der Waals surface area contributed by atoms with Gasteiger partial charge in [0.1, 0.15) is 5.75 Å². The van der Waals surface area contributed by atoms with E-state index in [-0.39, 0.29) is 5.57 Å². The van der Waals surface area contributed by atoms with Gasteiger partial charge >= 0.3 is 5.97 Å². The van der Waals surface area contributed by atoms with Gasteiger partial charge < -0.3 is 9.84 Å². The smallest absolute Gasteiger partial charge is 0.335 e. The molecular formula is C12H13ClO3. The highest BCUT2D eigenvalue weighted by Gasteiger charge is 2.18. The van der Waals surface area contributed by atoms with Crippen LogP contribution in [0.4, 0.5) is 0 Å².